The molecule has 1 aromatic carbocycles. The summed E-state index contributed by atoms with van der Waals surface area (Å²) in [5, 5.41) is 19.0. The lowest BCUT2D eigenvalue weighted by atomic mass is 9.97. The first kappa shape index (κ1) is 10.7. The number of rotatable bonds is 2. The number of fused-ring (bicyclic) bond motifs is 1. The molecule has 1 N–H and O–H groups in total. The quantitative estimate of drug-likeness (QED) is 0.808. The van der Waals surface area contributed by atoms with Crippen LogP contribution in [0.1, 0.15) is 28.8 Å². The standard InChI is InChI=1S/C12H12N2O2/c1-14-11(15)9-5-2-3-6-10(9)12(14,16)7-4-8-13/h2-3,5-6,16H,4,7H2,1H3. The van der Waals surface area contributed by atoms with Crippen molar-refractivity contribution >= 4 is 5.91 Å². The number of carbonyl (C=O) groups is 1. The average Bonchev–Trinajstić information content (AvgIpc) is 2.51. The molecule has 1 aliphatic heterocycles. The van der Waals surface area contributed by atoms with Crippen molar-refractivity contribution in [1.82, 2.24) is 4.90 Å². The van der Waals surface area contributed by atoms with Gasteiger partial charge < -0.3 is 10.0 Å². The Labute approximate surface area is 93.7 Å². The number of nitriles is 1. The number of hydrogen-bond donors (Lipinski definition) is 1. The maximum atomic E-state index is 11.9. The smallest absolute Gasteiger partial charge is 0.256 e. The van der Waals surface area contributed by atoms with E-state index in [9.17, 15) is 9.90 Å². The second-order valence-electron chi connectivity index (χ2n) is 3.88. The van der Waals surface area contributed by atoms with E-state index in [4.69, 9.17) is 5.26 Å². The van der Waals surface area contributed by atoms with Gasteiger partial charge in [0, 0.05) is 31.0 Å². The van der Waals surface area contributed by atoms with Crippen molar-refractivity contribution in [3.63, 3.8) is 0 Å². The number of carbonyl (C=O) groups excluding carboxylic acids is 1. The van der Waals surface area contributed by atoms with Gasteiger partial charge in [-0.25, -0.2) is 0 Å². The minimum absolute atomic E-state index is 0.198. The molecule has 1 unspecified atom stereocenters. The van der Waals surface area contributed by atoms with Gasteiger partial charge in [-0.1, -0.05) is 18.2 Å². The van der Waals surface area contributed by atoms with Crippen molar-refractivity contribution < 1.29 is 9.90 Å². The molecule has 0 saturated carbocycles. The molecule has 0 spiro atoms. The number of hydrogen-bond acceptors (Lipinski definition) is 3. The molecule has 0 fully saturated rings. The lowest BCUT2D eigenvalue weighted by Crippen LogP contribution is -2.40. The maximum absolute atomic E-state index is 11.9. The van der Waals surface area contributed by atoms with Gasteiger partial charge in [-0.05, 0) is 6.07 Å². The van der Waals surface area contributed by atoms with Gasteiger partial charge in [-0.2, -0.15) is 5.26 Å². The topological polar surface area (TPSA) is 64.3 Å². The number of nitrogens with zero attached hydrogens (tertiary/aromatic N) is 2. The van der Waals surface area contributed by atoms with Crippen LogP contribution >= 0.6 is 0 Å². The summed E-state index contributed by atoms with van der Waals surface area (Å²) >= 11 is 0. The van der Waals surface area contributed by atoms with Crippen LogP contribution in [-0.4, -0.2) is 23.0 Å². The summed E-state index contributed by atoms with van der Waals surface area (Å²) in [6.45, 7) is 0. The summed E-state index contributed by atoms with van der Waals surface area (Å²) in [4.78, 5) is 13.2. The minimum atomic E-state index is -1.33. The van der Waals surface area contributed by atoms with Crippen molar-refractivity contribution in [1.29, 1.82) is 5.26 Å². The SMILES string of the molecule is CN1C(=O)c2ccccc2C1(O)CCC#N. The van der Waals surface area contributed by atoms with Crippen LogP contribution in [0.5, 0.6) is 0 Å². The highest BCUT2D eigenvalue weighted by molar-refractivity contribution is 5.99. The van der Waals surface area contributed by atoms with Crippen LogP contribution in [0.4, 0.5) is 0 Å². The van der Waals surface area contributed by atoms with Gasteiger partial charge >= 0.3 is 0 Å². The maximum Gasteiger partial charge on any atom is 0.256 e. The zero-order chi connectivity index (χ0) is 11.8. The van der Waals surface area contributed by atoms with Gasteiger partial charge in [0.15, 0.2) is 5.72 Å². The molecule has 1 atom stereocenters. The molecule has 1 aliphatic rings. The summed E-state index contributed by atoms with van der Waals surface area (Å²) in [5.41, 5.74) is -0.216. The first-order valence-electron chi connectivity index (χ1n) is 5.08. The van der Waals surface area contributed by atoms with E-state index in [1.54, 1.807) is 31.3 Å². The Kier molecular flexibility index (Phi) is 2.41. The van der Waals surface area contributed by atoms with Crippen LogP contribution in [0.15, 0.2) is 24.3 Å². The molecule has 0 radical (unpaired) electrons. The third-order valence-corrected chi connectivity index (χ3v) is 3.03. The van der Waals surface area contributed by atoms with E-state index in [1.165, 1.54) is 4.90 Å². The van der Waals surface area contributed by atoms with Crippen LogP contribution in [0.25, 0.3) is 0 Å². The molecule has 16 heavy (non-hydrogen) atoms. The summed E-state index contributed by atoms with van der Waals surface area (Å²) in [6, 6.07) is 8.96. The minimum Gasteiger partial charge on any atom is -0.367 e. The molecule has 0 aliphatic carbocycles. The third-order valence-electron chi connectivity index (χ3n) is 3.03. The van der Waals surface area contributed by atoms with E-state index in [0.717, 1.165) is 0 Å². The molecule has 1 aromatic rings. The largest absolute Gasteiger partial charge is 0.367 e. The van der Waals surface area contributed by atoms with Crippen LogP contribution < -0.4 is 0 Å². The Balaban J connectivity index is 2.48. The first-order valence-corrected chi connectivity index (χ1v) is 5.08. The van der Waals surface area contributed by atoms with Gasteiger partial charge in [0.05, 0.1) is 6.07 Å². The Morgan fingerprint density at radius 3 is 2.88 bits per heavy atom. The summed E-state index contributed by atoms with van der Waals surface area (Å²) in [5.74, 6) is -0.198. The molecule has 4 heteroatoms. The van der Waals surface area contributed by atoms with Gasteiger partial charge in [0.25, 0.3) is 5.91 Å². The van der Waals surface area contributed by atoms with Gasteiger partial charge in [0.1, 0.15) is 0 Å². The van der Waals surface area contributed by atoms with Gasteiger partial charge in [-0.15, -0.1) is 0 Å². The van der Waals surface area contributed by atoms with E-state index >= 15 is 0 Å². The average molecular weight is 216 g/mol. The highest BCUT2D eigenvalue weighted by Crippen LogP contribution is 2.38. The Bertz CT molecular complexity index is 478. The lowest BCUT2D eigenvalue weighted by molar-refractivity contribution is -0.0774. The summed E-state index contributed by atoms with van der Waals surface area (Å²) in [6.07, 6.45) is 0.450. The van der Waals surface area contributed by atoms with Crippen molar-refractivity contribution in [3.8, 4) is 6.07 Å². The van der Waals surface area contributed by atoms with E-state index < -0.39 is 5.72 Å². The molecule has 1 heterocycles. The highest BCUT2D eigenvalue weighted by Gasteiger charge is 2.45. The van der Waals surface area contributed by atoms with Crippen molar-refractivity contribution in [2.75, 3.05) is 7.05 Å². The molecule has 1 amide bonds. The fourth-order valence-electron chi connectivity index (χ4n) is 2.08. The van der Waals surface area contributed by atoms with Crippen LogP contribution in [0.3, 0.4) is 0 Å². The van der Waals surface area contributed by atoms with Crippen LogP contribution in [0.2, 0.25) is 0 Å². The Morgan fingerprint density at radius 2 is 2.19 bits per heavy atom. The van der Waals surface area contributed by atoms with E-state index in [0.29, 0.717) is 11.1 Å². The predicted molar refractivity (Wildman–Crippen MR) is 57.3 cm³/mol. The normalized spacial score (nSPS) is 23.1. The molecule has 0 bridgehead atoms. The van der Waals surface area contributed by atoms with E-state index in [1.807, 2.05) is 6.07 Å². The molecular formula is C12H12N2O2. The monoisotopic (exact) mass is 216 g/mol. The fraction of sp³-hybridized carbons (Fsp3) is 0.333. The number of aliphatic hydroxyl groups is 1. The Hall–Kier alpha value is -1.86. The van der Waals surface area contributed by atoms with Crippen molar-refractivity contribution in [3.05, 3.63) is 35.4 Å². The predicted octanol–water partition coefficient (Wildman–Crippen LogP) is 1.22. The van der Waals surface area contributed by atoms with Crippen molar-refractivity contribution in [2.45, 2.75) is 18.6 Å². The lowest BCUT2D eigenvalue weighted by Gasteiger charge is -2.30. The third kappa shape index (κ3) is 1.29. The molecule has 82 valence electrons. The number of benzene rings is 1. The van der Waals surface area contributed by atoms with Gasteiger partial charge in [-0.3, -0.25) is 4.79 Å². The Morgan fingerprint density at radius 1 is 1.50 bits per heavy atom. The van der Waals surface area contributed by atoms with Crippen LogP contribution in [0, 0.1) is 11.3 Å². The highest BCUT2D eigenvalue weighted by atomic mass is 16.3. The zero-order valence-electron chi connectivity index (χ0n) is 8.97. The first-order chi connectivity index (χ1) is 7.61. The number of amides is 1. The molecular weight excluding hydrogens is 204 g/mol. The molecule has 0 aromatic heterocycles. The second kappa shape index (κ2) is 3.62. The van der Waals surface area contributed by atoms with Crippen molar-refractivity contribution in [2.24, 2.45) is 0 Å². The van der Waals surface area contributed by atoms with Crippen LogP contribution in [-0.2, 0) is 5.72 Å². The summed E-state index contributed by atoms with van der Waals surface area (Å²) < 4.78 is 0. The molecule has 0 saturated heterocycles. The second-order valence-corrected chi connectivity index (χ2v) is 3.88. The molecule has 2 rings (SSSR count). The summed E-state index contributed by atoms with van der Waals surface area (Å²) in [7, 11) is 1.56. The van der Waals surface area contributed by atoms with Gasteiger partial charge in [0.2, 0.25) is 0 Å². The molecule has 4 nitrogen and oxygen atoms in total. The van der Waals surface area contributed by atoms with E-state index in [-0.39, 0.29) is 18.7 Å². The van der Waals surface area contributed by atoms with E-state index in [2.05, 4.69) is 0 Å². The fourth-order valence-corrected chi connectivity index (χ4v) is 2.08. The zero-order valence-corrected chi connectivity index (χ0v) is 8.97.